The van der Waals surface area contributed by atoms with E-state index in [1.54, 1.807) is 0 Å². The molecule has 0 amide bonds. The van der Waals surface area contributed by atoms with Crippen molar-refractivity contribution in [3.8, 4) is 0 Å². The molecular weight excluding hydrogens is 250 g/mol. The van der Waals surface area contributed by atoms with Crippen molar-refractivity contribution in [3.63, 3.8) is 0 Å². The second-order valence-corrected chi connectivity index (χ2v) is 4.29. The summed E-state index contributed by atoms with van der Waals surface area (Å²) >= 11 is 6.20. The fourth-order valence-electron chi connectivity index (χ4n) is 1.66. The summed E-state index contributed by atoms with van der Waals surface area (Å²) in [4.78, 5) is 0. The van der Waals surface area contributed by atoms with Crippen LogP contribution >= 0.6 is 11.6 Å². The molecule has 0 aliphatic rings. The number of nitrogens with one attached hydrogen (secondary N) is 1. The lowest BCUT2D eigenvalue weighted by Crippen LogP contribution is -2.24. The van der Waals surface area contributed by atoms with Gasteiger partial charge in [-0.1, -0.05) is 36.7 Å². The average Bonchev–Trinajstić information content (AvgIpc) is 2.39. The summed E-state index contributed by atoms with van der Waals surface area (Å²) < 4.78 is 11.1. The molecule has 1 atom stereocenters. The molecule has 1 aromatic carbocycles. The number of hydrogen-bond acceptors (Lipinski definition) is 3. The van der Waals surface area contributed by atoms with Gasteiger partial charge in [0.25, 0.3) is 0 Å². The molecule has 1 rings (SSSR count). The molecule has 1 N–H and O–H groups in total. The Hall–Kier alpha value is -0.610. The Balaban J connectivity index is 2.57. The Labute approximate surface area is 114 Å². The van der Waals surface area contributed by atoms with Gasteiger partial charge in [-0.25, -0.2) is 0 Å². The number of rotatable bonds is 9. The van der Waals surface area contributed by atoms with E-state index in [0.29, 0.717) is 19.8 Å². The van der Waals surface area contributed by atoms with Gasteiger partial charge in [0.1, 0.15) is 0 Å². The molecule has 3 nitrogen and oxygen atoms in total. The summed E-state index contributed by atoms with van der Waals surface area (Å²) in [6.45, 7) is 7.63. The molecule has 0 spiro atoms. The quantitative estimate of drug-likeness (QED) is 0.701. The van der Waals surface area contributed by atoms with Crippen LogP contribution < -0.4 is 5.32 Å². The van der Waals surface area contributed by atoms with Gasteiger partial charge in [-0.05, 0) is 19.5 Å². The van der Waals surface area contributed by atoms with E-state index in [-0.39, 0.29) is 6.10 Å². The van der Waals surface area contributed by atoms with Crippen molar-refractivity contribution in [2.45, 2.75) is 20.0 Å². The molecule has 0 heterocycles. The van der Waals surface area contributed by atoms with E-state index in [1.165, 1.54) is 0 Å². The summed E-state index contributed by atoms with van der Waals surface area (Å²) in [5.74, 6) is 0. The lowest BCUT2D eigenvalue weighted by Gasteiger charge is -2.19. The fraction of sp³-hybridized carbons (Fsp3) is 0.571. The van der Waals surface area contributed by atoms with Gasteiger partial charge in [-0.2, -0.15) is 0 Å². The predicted octanol–water partition coefficient (Wildman–Crippen LogP) is 3.04. The fourth-order valence-corrected chi connectivity index (χ4v) is 1.92. The topological polar surface area (TPSA) is 30.5 Å². The largest absolute Gasteiger partial charge is 0.379 e. The van der Waals surface area contributed by atoms with Crippen molar-refractivity contribution in [1.29, 1.82) is 0 Å². The first-order chi connectivity index (χ1) is 8.79. The van der Waals surface area contributed by atoms with Crippen molar-refractivity contribution >= 4 is 11.6 Å². The van der Waals surface area contributed by atoms with Gasteiger partial charge < -0.3 is 14.8 Å². The average molecular weight is 272 g/mol. The minimum atomic E-state index is -0.0286. The Morgan fingerprint density at radius 3 is 2.67 bits per heavy atom. The monoisotopic (exact) mass is 271 g/mol. The Kier molecular flexibility index (Phi) is 8.01. The number of hydrogen-bond donors (Lipinski definition) is 1. The molecule has 0 aliphatic carbocycles. The zero-order chi connectivity index (χ0) is 13.2. The summed E-state index contributed by atoms with van der Waals surface area (Å²) in [7, 11) is 0. The van der Waals surface area contributed by atoms with Crippen LogP contribution in [0, 0.1) is 0 Å². The first kappa shape index (κ1) is 15.4. The van der Waals surface area contributed by atoms with E-state index < -0.39 is 0 Å². The van der Waals surface area contributed by atoms with Crippen molar-refractivity contribution in [2.24, 2.45) is 0 Å². The smallest absolute Gasteiger partial charge is 0.0964 e. The second kappa shape index (κ2) is 9.34. The van der Waals surface area contributed by atoms with Gasteiger partial charge in [0, 0.05) is 23.7 Å². The predicted molar refractivity (Wildman–Crippen MR) is 75.2 cm³/mol. The third-order valence-corrected chi connectivity index (χ3v) is 2.93. The van der Waals surface area contributed by atoms with Gasteiger partial charge in [-0.15, -0.1) is 0 Å². The standard InChI is InChI=1S/C14H22ClNO2/c1-3-16-11-14(18-10-9-17-4-2)12-7-5-6-8-13(12)15/h5-8,14,16H,3-4,9-11H2,1-2H3. The molecule has 4 heteroatoms. The van der Waals surface area contributed by atoms with Crippen LogP contribution in [0.15, 0.2) is 24.3 Å². The summed E-state index contributed by atoms with van der Waals surface area (Å²) in [6.07, 6.45) is -0.0286. The van der Waals surface area contributed by atoms with Gasteiger partial charge in [0.05, 0.1) is 19.3 Å². The highest BCUT2D eigenvalue weighted by atomic mass is 35.5. The van der Waals surface area contributed by atoms with E-state index in [2.05, 4.69) is 12.2 Å². The molecule has 0 saturated heterocycles. The third kappa shape index (κ3) is 5.36. The number of benzene rings is 1. The van der Waals surface area contributed by atoms with Crippen LogP contribution in [0.5, 0.6) is 0 Å². The van der Waals surface area contributed by atoms with E-state index in [4.69, 9.17) is 21.1 Å². The Morgan fingerprint density at radius 2 is 2.00 bits per heavy atom. The highest BCUT2D eigenvalue weighted by molar-refractivity contribution is 6.31. The van der Waals surface area contributed by atoms with Crippen molar-refractivity contribution in [1.82, 2.24) is 5.32 Å². The summed E-state index contributed by atoms with van der Waals surface area (Å²) in [5, 5.41) is 4.04. The van der Waals surface area contributed by atoms with Crippen molar-refractivity contribution < 1.29 is 9.47 Å². The van der Waals surface area contributed by atoms with E-state index in [0.717, 1.165) is 23.7 Å². The van der Waals surface area contributed by atoms with Crippen LogP contribution in [0.4, 0.5) is 0 Å². The molecule has 0 aliphatic heterocycles. The SMILES string of the molecule is CCNCC(OCCOCC)c1ccccc1Cl. The molecule has 0 fully saturated rings. The maximum atomic E-state index is 6.20. The minimum Gasteiger partial charge on any atom is -0.379 e. The van der Waals surface area contributed by atoms with E-state index >= 15 is 0 Å². The van der Waals surface area contributed by atoms with Gasteiger partial charge in [0.2, 0.25) is 0 Å². The Morgan fingerprint density at radius 1 is 1.22 bits per heavy atom. The van der Waals surface area contributed by atoms with Crippen LogP contribution in [0.25, 0.3) is 0 Å². The molecular formula is C14H22ClNO2. The Bertz CT molecular complexity index is 333. The van der Waals surface area contributed by atoms with Crippen molar-refractivity contribution in [3.05, 3.63) is 34.9 Å². The van der Waals surface area contributed by atoms with Crippen LogP contribution in [-0.4, -0.2) is 32.9 Å². The first-order valence-electron chi connectivity index (χ1n) is 6.44. The molecule has 1 unspecified atom stereocenters. The van der Waals surface area contributed by atoms with Crippen LogP contribution in [0.1, 0.15) is 25.5 Å². The number of halogens is 1. The molecule has 102 valence electrons. The second-order valence-electron chi connectivity index (χ2n) is 3.89. The maximum Gasteiger partial charge on any atom is 0.0964 e. The highest BCUT2D eigenvalue weighted by Crippen LogP contribution is 2.24. The van der Waals surface area contributed by atoms with Gasteiger partial charge >= 0.3 is 0 Å². The summed E-state index contributed by atoms with van der Waals surface area (Å²) in [5.41, 5.74) is 1.02. The minimum absolute atomic E-state index is 0.0286. The van der Waals surface area contributed by atoms with Crippen LogP contribution in [0.2, 0.25) is 5.02 Å². The van der Waals surface area contributed by atoms with E-state index in [1.807, 2.05) is 31.2 Å². The molecule has 1 aromatic rings. The van der Waals surface area contributed by atoms with Crippen molar-refractivity contribution in [2.75, 3.05) is 32.9 Å². The third-order valence-electron chi connectivity index (χ3n) is 2.58. The lowest BCUT2D eigenvalue weighted by molar-refractivity contribution is 0.00712. The van der Waals surface area contributed by atoms with E-state index in [9.17, 15) is 0 Å². The number of ether oxygens (including phenoxy) is 2. The normalized spacial score (nSPS) is 12.6. The summed E-state index contributed by atoms with van der Waals surface area (Å²) in [6, 6.07) is 7.80. The maximum absolute atomic E-state index is 6.20. The molecule has 0 bridgehead atoms. The van der Waals surface area contributed by atoms with Gasteiger partial charge in [0.15, 0.2) is 0 Å². The molecule has 0 aromatic heterocycles. The highest BCUT2D eigenvalue weighted by Gasteiger charge is 2.14. The molecule has 0 radical (unpaired) electrons. The first-order valence-corrected chi connectivity index (χ1v) is 6.81. The zero-order valence-corrected chi connectivity index (χ0v) is 11.9. The molecule has 0 saturated carbocycles. The van der Waals surface area contributed by atoms with Crippen LogP contribution in [-0.2, 0) is 9.47 Å². The molecule has 18 heavy (non-hydrogen) atoms. The lowest BCUT2D eigenvalue weighted by atomic mass is 10.1. The number of likely N-dealkylation sites (N-methyl/N-ethyl adjacent to an activating group) is 1. The van der Waals surface area contributed by atoms with Gasteiger partial charge in [-0.3, -0.25) is 0 Å². The van der Waals surface area contributed by atoms with Crippen LogP contribution in [0.3, 0.4) is 0 Å². The zero-order valence-electron chi connectivity index (χ0n) is 11.1.